The summed E-state index contributed by atoms with van der Waals surface area (Å²) in [5.74, 6) is -2.29. The Kier molecular flexibility index (Phi) is 3.39. The van der Waals surface area contributed by atoms with Crippen LogP contribution in [0.2, 0.25) is 0 Å². The molecule has 1 aromatic carbocycles. The molecule has 0 aromatic heterocycles. The van der Waals surface area contributed by atoms with Gasteiger partial charge >= 0.3 is 11.1 Å². The van der Waals surface area contributed by atoms with E-state index in [1.54, 1.807) is 6.92 Å². The fourth-order valence-corrected chi connectivity index (χ4v) is 1.21. The molecule has 0 fully saturated rings. The molecule has 0 amide bonds. The summed E-state index contributed by atoms with van der Waals surface area (Å²) < 4.78 is 13.3. The molecule has 0 aliphatic carbocycles. The van der Waals surface area contributed by atoms with Crippen LogP contribution in [0.15, 0.2) is 12.1 Å². The van der Waals surface area contributed by atoms with Gasteiger partial charge in [0.25, 0.3) is 0 Å². The number of hydrogen-bond acceptors (Lipinski definition) is 5. The molecular weight excluding hydrogens is 219 g/mol. The van der Waals surface area contributed by atoms with Gasteiger partial charge in [0, 0.05) is 5.69 Å². The van der Waals surface area contributed by atoms with Gasteiger partial charge in [-0.25, -0.2) is 9.23 Å². The van der Waals surface area contributed by atoms with Crippen LogP contribution in [0.25, 0.3) is 0 Å². The lowest BCUT2D eigenvalue weighted by atomic mass is 10.1. The first-order chi connectivity index (χ1) is 7.45. The molecule has 0 unspecified atom stereocenters. The van der Waals surface area contributed by atoms with E-state index < -0.39 is 22.4 Å². The van der Waals surface area contributed by atoms with E-state index in [1.807, 2.05) is 0 Å². The number of hydrogen-bond donors (Lipinski definition) is 1. The maximum atomic E-state index is 13.3. The van der Waals surface area contributed by atoms with Crippen molar-refractivity contribution in [3.05, 3.63) is 39.2 Å². The highest BCUT2D eigenvalue weighted by atomic mass is 19.1. The number of nitrogens with zero attached hydrogens (tertiary/aromatic N) is 1. The van der Waals surface area contributed by atoms with Gasteiger partial charge in [-0.1, -0.05) is 6.92 Å². The highest BCUT2D eigenvalue weighted by Crippen LogP contribution is 2.19. The standard InChI is InChI=1S/C9H9FN2O4/c1-2-5-3-6(7(10)4-8(5)11)9(13)16-12(14)15/h3-4H,2,11H2,1H3. The molecular formula is C9H9FN2O4. The number of carbonyl (C=O) groups excluding carboxylic acids is 1. The van der Waals surface area contributed by atoms with Crippen LogP contribution in [0, 0.1) is 15.9 Å². The van der Waals surface area contributed by atoms with E-state index in [4.69, 9.17) is 5.73 Å². The predicted molar refractivity (Wildman–Crippen MR) is 52.6 cm³/mol. The molecule has 86 valence electrons. The lowest BCUT2D eigenvalue weighted by Crippen LogP contribution is -2.13. The zero-order valence-electron chi connectivity index (χ0n) is 8.40. The van der Waals surface area contributed by atoms with E-state index in [-0.39, 0.29) is 5.69 Å². The third-order valence-corrected chi connectivity index (χ3v) is 1.99. The summed E-state index contributed by atoms with van der Waals surface area (Å²) in [7, 11) is 0. The molecule has 0 radical (unpaired) electrons. The van der Waals surface area contributed by atoms with E-state index >= 15 is 0 Å². The molecule has 0 aliphatic rings. The van der Waals surface area contributed by atoms with Crippen LogP contribution in [0.4, 0.5) is 10.1 Å². The second-order valence-electron chi connectivity index (χ2n) is 2.99. The summed E-state index contributed by atoms with van der Waals surface area (Å²) in [6.07, 6.45) is 0.477. The number of nitrogen functional groups attached to an aromatic ring is 1. The number of anilines is 1. The first-order valence-corrected chi connectivity index (χ1v) is 4.40. The molecule has 7 heteroatoms. The molecule has 16 heavy (non-hydrogen) atoms. The van der Waals surface area contributed by atoms with Crippen LogP contribution < -0.4 is 5.73 Å². The Bertz CT molecular complexity index is 447. The van der Waals surface area contributed by atoms with E-state index in [9.17, 15) is 19.3 Å². The molecule has 0 bridgehead atoms. The van der Waals surface area contributed by atoms with E-state index in [0.29, 0.717) is 12.0 Å². The highest BCUT2D eigenvalue weighted by molar-refractivity contribution is 5.90. The minimum absolute atomic E-state index is 0.192. The van der Waals surface area contributed by atoms with Crippen molar-refractivity contribution in [2.45, 2.75) is 13.3 Å². The fraction of sp³-hybridized carbons (Fsp3) is 0.222. The number of rotatable bonds is 3. The van der Waals surface area contributed by atoms with Gasteiger partial charge in [-0.05, 0) is 24.1 Å². The van der Waals surface area contributed by atoms with E-state index in [0.717, 1.165) is 12.1 Å². The van der Waals surface area contributed by atoms with Crippen LogP contribution in [-0.4, -0.2) is 11.1 Å². The summed E-state index contributed by atoms with van der Waals surface area (Å²) in [5.41, 5.74) is 5.70. The average Bonchev–Trinajstić information content (AvgIpc) is 2.16. The zero-order valence-corrected chi connectivity index (χ0v) is 8.40. The van der Waals surface area contributed by atoms with Crippen molar-refractivity contribution in [2.24, 2.45) is 0 Å². The molecule has 1 aromatic rings. The lowest BCUT2D eigenvalue weighted by molar-refractivity contribution is -0.727. The van der Waals surface area contributed by atoms with E-state index in [1.165, 1.54) is 0 Å². The van der Waals surface area contributed by atoms with Crippen LogP contribution in [0.3, 0.4) is 0 Å². The summed E-state index contributed by atoms with van der Waals surface area (Å²) in [5, 5.41) is 8.64. The van der Waals surface area contributed by atoms with Crippen molar-refractivity contribution in [3.8, 4) is 0 Å². The molecule has 0 atom stereocenters. The minimum atomic E-state index is -1.35. The minimum Gasteiger partial charge on any atom is -0.398 e. The van der Waals surface area contributed by atoms with Gasteiger partial charge in [-0.2, -0.15) is 0 Å². The van der Waals surface area contributed by atoms with Gasteiger partial charge in [-0.15, -0.1) is 10.1 Å². The largest absolute Gasteiger partial charge is 0.398 e. The number of benzene rings is 1. The Hall–Kier alpha value is -2.18. The number of carbonyl (C=O) groups is 1. The van der Waals surface area contributed by atoms with Crippen LogP contribution in [0.5, 0.6) is 0 Å². The Morgan fingerprint density at radius 1 is 1.62 bits per heavy atom. The molecule has 0 heterocycles. The second-order valence-corrected chi connectivity index (χ2v) is 2.99. The molecule has 0 saturated carbocycles. The Morgan fingerprint density at radius 3 is 2.75 bits per heavy atom. The van der Waals surface area contributed by atoms with Crippen molar-refractivity contribution in [1.82, 2.24) is 0 Å². The number of aryl methyl sites for hydroxylation is 1. The Balaban J connectivity index is 3.13. The predicted octanol–water partition coefficient (Wildman–Crippen LogP) is 1.32. The fourth-order valence-electron chi connectivity index (χ4n) is 1.21. The normalized spacial score (nSPS) is 9.88. The number of nitrogens with two attached hydrogens (primary N) is 1. The first-order valence-electron chi connectivity index (χ1n) is 4.40. The number of halogens is 1. The molecule has 0 aliphatic heterocycles. The van der Waals surface area contributed by atoms with Crippen molar-refractivity contribution < 1.29 is 19.1 Å². The van der Waals surface area contributed by atoms with E-state index in [2.05, 4.69) is 4.84 Å². The van der Waals surface area contributed by atoms with Gasteiger partial charge in [-0.3, -0.25) is 4.79 Å². The van der Waals surface area contributed by atoms with Crippen LogP contribution in [0.1, 0.15) is 22.8 Å². The summed E-state index contributed by atoms with van der Waals surface area (Å²) in [4.78, 5) is 24.7. The van der Waals surface area contributed by atoms with Crippen molar-refractivity contribution in [2.75, 3.05) is 5.73 Å². The highest BCUT2D eigenvalue weighted by Gasteiger charge is 2.17. The second kappa shape index (κ2) is 4.56. The van der Waals surface area contributed by atoms with Gasteiger partial charge in [0.15, 0.2) is 0 Å². The van der Waals surface area contributed by atoms with Crippen LogP contribution >= 0.6 is 0 Å². The summed E-state index contributed by atoms with van der Waals surface area (Å²) >= 11 is 0. The molecule has 0 spiro atoms. The quantitative estimate of drug-likeness (QED) is 0.478. The summed E-state index contributed by atoms with van der Waals surface area (Å²) in [6.45, 7) is 1.76. The molecule has 6 nitrogen and oxygen atoms in total. The third-order valence-electron chi connectivity index (χ3n) is 1.99. The molecule has 1 rings (SSSR count). The zero-order chi connectivity index (χ0) is 12.3. The maximum Gasteiger partial charge on any atom is 0.337 e. The summed E-state index contributed by atoms with van der Waals surface area (Å²) in [6, 6.07) is 2.09. The van der Waals surface area contributed by atoms with Gasteiger partial charge in [0.2, 0.25) is 0 Å². The smallest absolute Gasteiger partial charge is 0.337 e. The molecule has 2 N–H and O–H groups in total. The van der Waals surface area contributed by atoms with Gasteiger partial charge in [0.1, 0.15) is 5.82 Å². The maximum absolute atomic E-state index is 13.3. The van der Waals surface area contributed by atoms with Crippen molar-refractivity contribution in [3.63, 3.8) is 0 Å². The van der Waals surface area contributed by atoms with Crippen molar-refractivity contribution in [1.29, 1.82) is 0 Å². The first kappa shape index (κ1) is 11.9. The van der Waals surface area contributed by atoms with Crippen LogP contribution in [-0.2, 0) is 11.3 Å². The Labute approximate surface area is 89.9 Å². The lowest BCUT2D eigenvalue weighted by Gasteiger charge is -2.06. The average molecular weight is 228 g/mol. The van der Waals surface area contributed by atoms with Gasteiger partial charge < -0.3 is 5.73 Å². The SMILES string of the molecule is CCc1cc(C(=O)O[N+](=O)[O-])c(F)cc1N. The van der Waals surface area contributed by atoms with Gasteiger partial charge in [0.05, 0.1) is 5.56 Å². The topological polar surface area (TPSA) is 95.5 Å². The third kappa shape index (κ3) is 2.44. The van der Waals surface area contributed by atoms with Crippen molar-refractivity contribution >= 4 is 11.7 Å². The Morgan fingerprint density at radius 2 is 2.25 bits per heavy atom. The monoisotopic (exact) mass is 228 g/mol. The molecule has 0 saturated heterocycles.